The first-order chi connectivity index (χ1) is 8.68. The zero-order valence-electron chi connectivity index (χ0n) is 12.2. The molecule has 0 bridgehead atoms. The van der Waals surface area contributed by atoms with E-state index in [0.717, 1.165) is 39.0 Å². The van der Waals surface area contributed by atoms with E-state index in [1.54, 1.807) is 0 Å². The van der Waals surface area contributed by atoms with Crippen LogP contribution in [0.2, 0.25) is 0 Å². The maximum absolute atomic E-state index is 5.80. The molecule has 18 heavy (non-hydrogen) atoms. The van der Waals surface area contributed by atoms with Crippen LogP contribution in [0.3, 0.4) is 0 Å². The van der Waals surface area contributed by atoms with Crippen LogP contribution in [-0.2, 0) is 4.74 Å². The van der Waals surface area contributed by atoms with E-state index in [1.165, 1.54) is 32.1 Å². The van der Waals surface area contributed by atoms with Gasteiger partial charge in [0.1, 0.15) is 0 Å². The molecule has 0 radical (unpaired) electrons. The largest absolute Gasteiger partial charge is 0.377 e. The predicted molar refractivity (Wildman–Crippen MR) is 75.9 cm³/mol. The van der Waals surface area contributed by atoms with E-state index in [9.17, 15) is 0 Å². The van der Waals surface area contributed by atoms with Gasteiger partial charge in [0.2, 0.25) is 0 Å². The second-order valence-electron chi connectivity index (χ2n) is 6.61. The number of rotatable bonds is 5. The second kappa shape index (κ2) is 6.36. The number of piperidine rings is 1. The lowest BCUT2D eigenvalue weighted by molar-refractivity contribution is -0.0341. The lowest BCUT2D eigenvalue weighted by Gasteiger charge is -2.39. The van der Waals surface area contributed by atoms with E-state index in [-0.39, 0.29) is 5.60 Å². The highest BCUT2D eigenvalue weighted by molar-refractivity contribution is 4.89. The number of methoxy groups -OCH3 is 1. The SMILES string of the molecule is COC1(CNCC2(C)CCCCC2)CCNCC1. The first-order valence-electron chi connectivity index (χ1n) is 7.65. The standard InChI is InChI=1S/C15H30N2O/c1-14(6-4-3-5-7-14)12-17-13-15(18-2)8-10-16-11-9-15/h16-17H,3-13H2,1-2H3. The Morgan fingerprint density at radius 2 is 1.67 bits per heavy atom. The maximum atomic E-state index is 5.80. The fourth-order valence-corrected chi connectivity index (χ4v) is 3.51. The van der Waals surface area contributed by atoms with Gasteiger partial charge >= 0.3 is 0 Å². The summed E-state index contributed by atoms with van der Waals surface area (Å²) < 4.78 is 5.80. The molecule has 1 heterocycles. The number of ether oxygens (including phenoxy) is 1. The molecular formula is C15H30N2O. The molecule has 1 saturated carbocycles. The minimum Gasteiger partial charge on any atom is -0.377 e. The predicted octanol–water partition coefficient (Wildman–Crippen LogP) is 2.31. The van der Waals surface area contributed by atoms with Crippen molar-refractivity contribution in [2.24, 2.45) is 5.41 Å². The van der Waals surface area contributed by atoms with Crippen LogP contribution in [0.25, 0.3) is 0 Å². The van der Waals surface area contributed by atoms with Gasteiger partial charge in [-0.3, -0.25) is 0 Å². The first kappa shape index (κ1) is 14.3. The van der Waals surface area contributed by atoms with Crippen LogP contribution < -0.4 is 10.6 Å². The van der Waals surface area contributed by atoms with Gasteiger partial charge in [0.05, 0.1) is 5.60 Å². The van der Waals surface area contributed by atoms with Gasteiger partial charge in [-0.15, -0.1) is 0 Å². The highest BCUT2D eigenvalue weighted by Gasteiger charge is 2.33. The van der Waals surface area contributed by atoms with Crippen molar-refractivity contribution < 1.29 is 4.74 Å². The second-order valence-corrected chi connectivity index (χ2v) is 6.61. The van der Waals surface area contributed by atoms with Crippen molar-refractivity contribution >= 4 is 0 Å². The summed E-state index contributed by atoms with van der Waals surface area (Å²) in [6.45, 7) is 6.80. The fraction of sp³-hybridized carbons (Fsp3) is 1.00. The number of hydrogen-bond acceptors (Lipinski definition) is 3. The molecule has 1 aliphatic heterocycles. The summed E-state index contributed by atoms with van der Waals surface area (Å²) in [4.78, 5) is 0. The van der Waals surface area contributed by atoms with E-state index in [4.69, 9.17) is 4.74 Å². The summed E-state index contributed by atoms with van der Waals surface area (Å²) in [5.74, 6) is 0. The molecule has 3 nitrogen and oxygen atoms in total. The number of hydrogen-bond donors (Lipinski definition) is 2. The van der Waals surface area contributed by atoms with E-state index >= 15 is 0 Å². The third-order valence-corrected chi connectivity index (χ3v) is 5.01. The van der Waals surface area contributed by atoms with E-state index in [2.05, 4.69) is 17.6 Å². The monoisotopic (exact) mass is 254 g/mol. The van der Waals surface area contributed by atoms with Crippen molar-refractivity contribution in [3.05, 3.63) is 0 Å². The Morgan fingerprint density at radius 3 is 2.28 bits per heavy atom. The van der Waals surface area contributed by atoms with Crippen LogP contribution in [0.15, 0.2) is 0 Å². The summed E-state index contributed by atoms with van der Waals surface area (Å²) in [7, 11) is 1.87. The Kier molecular flexibility index (Phi) is 5.05. The van der Waals surface area contributed by atoms with Crippen LogP contribution in [0, 0.1) is 5.41 Å². The molecule has 0 unspecified atom stereocenters. The lowest BCUT2D eigenvalue weighted by atomic mass is 9.75. The zero-order valence-corrected chi connectivity index (χ0v) is 12.2. The Balaban J connectivity index is 1.75. The van der Waals surface area contributed by atoms with Crippen molar-refractivity contribution in [3.8, 4) is 0 Å². The topological polar surface area (TPSA) is 33.3 Å². The normalized spacial score (nSPS) is 27.0. The molecule has 106 valence electrons. The lowest BCUT2D eigenvalue weighted by Crippen LogP contribution is -2.51. The highest BCUT2D eigenvalue weighted by atomic mass is 16.5. The molecule has 3 heteroatoms. The minimum absolute atomic E-state index is 0.0796. The Hall–Kier alpha value is -0.120. The van der Waals surface area contributed by atoms with Crippen LogP contribution >= 0.6 is 0 Å². The molecule has 0 spiro atoms. The summed E-state index contributed by atoms with van der Waals surface area (Å²) in [5, 5.41) is 7.12. The van der Waals surface area contributed by atoms with Gasteiger partial charge in [0.25, 0.3) is 0 Å². The Labute approximate surface area is 112 Å². The quantitative estimate of drug-likeness (QED) is 0.790. The molecule has 0 atom stereocenters. The Morgan fingerprint density at radius 1 is 1.00 bits per heavy atom. The van der Waals surface area contributed by atoms with Crippen molar-refractivity contribution in [1.82, 2.24) is 10.6 Å². The van der Waals surface area contributed by atoms with Gasteiger partial charge in [0.15, 0.2) is 0 Å². The zero-order chi connectivity index (χ0) is 12.9. The average molecular weight is 254 g/mol. The molecular weight excluding hydrogens is 224 g/mol. The minimum atomic E-state index is 0.0796. The van der Waals surface area contributed by atoms with E-state index in [1.807, 2.05) is 7.11 Å². The third-order valence-electron chi connectivity index (χ3n) is 5.01. The summed E-state index contributed by atoms with van der Waals surface area (Å²) in [6.07, 6.45) is 9.31. The van der Waals surface area contributed by atoms with Crippen molar-refractivity contribution in [1.29, 1.82) is 0 Å². The van der Waals surface area contributed by atoms with Crippen LogP contribution in [-0.4, -0.2) is 38.9 Å². The fourth-order valence-electron chi connectivity index (χ4n) is 3.51. The van der Waals surface area contributed by atoms with Crippen LogP contribution in [0.4, 0.5) is 0 Å². The molecule has 2 rings (SSSR count). The molecule has 0 aromatic carbocycles. The molecule has 0 aromatic rings. The summed E-state index contributed by atoms with van der Waals surface area (Å²) in [6, 6.07) is 0. The highest BCUT2D eigenvalue weighted by Crippen LogP contribution is 2.35. The van der Waals surface area contributed by atoms with Gasteiger partial charge < -0.3 is 15.4 Å². The average Bonchev–Trinajstić information content (AvgIpc) is 2.40. The maximum Gasteiger partial charge on any atom is 0.0826 e. The van der Waals surface area contributed by atoms with Gasteiger partial charge in [-0.2, -0.15) is 0 Å². The third kappa shape index (κ3) is 3.69. The van der Waals surface area contributed by atoms with Crippen molar-refractivity contribution in [2.75, 3.05) is 33.3 Å². The molecule has 1 saturated heterocycles. The van der Waals surface area contributed by atoms with E-state index < -0.39 is 0 Å². The number of nitrogens with one attached hydrogen (secondary N) is 2. The van der Waals surface area contributed by atoms with Gasteiger partial charge in [-0.1, -0.05) is 26.2 Å². The molecule has 2 N–H and O–H groups in total. The van der Waals surface area contributed by atoms with Crippen LogP contribution in [0.5, 0.6) is 0 Å². The molecule has 2 fully saturated rings. The molecule has 0 amide bonds. The van der Waals surface area contributed by atoms with Crippen molar-refractivity contribution in [3.63, 3.8) is 0 Å². The van der Waals surface area contributed by atoms with E-state index in [0.29, 0.717) is 5.41 Å². The molecule has 0 aromatic heterocycles. The van der Waals surface area contributed by atoms with Gasteiger partial charge in [-0.05, 0) is 44.2 Å². The molecule has 2 aliphatic rings. The first-order valence-corrected chi connectivity index (χ1v) is 7.65. The van der Waals surface area contributed by atoms with Gasteiger partial charge in [0, 0.05) is 20.2 Å². The molecule has 1 aliphatic carbocycles. The smallest absolute Gasteiger partial charge is 0.0826 e. The summed E-state index contributed by atoms with van der Waals surface area (Å²) in [5.41, 5.74) is 0.608. The van der Waals surface area contributed by atoms with Gasteiger partial charge in [-0.25, -0.2) is 0 Å². The summed E-state index contributed by atoms with van der Waals surface area (Å²) >= 11 is 0. The Bertz CT molecular complexity index is 243. The van der Waals surface area contributed by atoms with Crippen molar-refractivity contribution in [2.45, 2.75) is 57.5 Å². The van der Waals surface area contributed by atoms with Crippen LogP contribution in [0.1, 0.15) is 51.9 Å².